The fourth-order valence-electron chi connectivity index (χ4n) is 3.07. The van der Waals surface area contributed by atoms with Crippen LogP contribution >= 0.6 is 0 Å². The summed E-state index contributed by atoms with van der Waals surface area (Å²) in [4.78, 5) is 26.3. The van der Waals surface area contributed by atoms with Crippen LogP contribution in [0, 0.1) is 12.7 Å². The highest BCUT2D eigenvalue weighted by Gasteiger charge is 2.28. The molecule has 2 aromatic rings. The number of rotatable bonds is 3. The van der Waals surface area contributed by atoms with Crippen molar-refractivity contribution in [3.05, 3.63) is 65.0 Å². The molecule has 0 radical (unpaired) electrons. The van der Waals surface area contributed by atoms with E-state index in [1.165, 1.54) is 12.1 Å². The molecule has 0 saturated carbocycles. The van der Waals surface area contributed by atoms with Gasteiger partial charge >= 0.3 is 5.97 Å². The summed E-state index contributed by atoms with van der Waals surface area (Å²) < 4.78 is 18.7. The number of esters is 1. The molecular weight excluding hydrogens is 321 g/mol. The first-order valence-electron chi connectivity index (χ1n) is 8.30. The molecule has 0 aromatic heterocycles. The first-order valence-corrected chi connectivity index (χ1v) is 8.30. The molecule has 0 aliphatic carbocycles. The molecule has 1 aliphatic rings. The fourth-order valence-corrected chi connectivity index (χ4v) is 3.07. The average molecular weight is 341 g/mol. The van der Waals surface area contributed by atoms with Crippen LogP contribution in [0.2, 0.25) is 0 Å². The van der Waals surface area contributed by atoms with E-state index < -0.39 is 11.8 Å². The van der Waals surface area contributed by atoms with Crippen LogP contribution in [0.25, 0.3) is 0 Å². The largest absolute Gasteiger partial charge is 0.452 e. The van der Waals surface area contributed by atoms with Crippen molar-refractivity contribution in [1.29, 1.82) is 0 Å². The molecule has 0 fully saturated rings. The van der Waals surface area contributed by atoms with Crippen LogP contribution in [0.1, 0.15) is 34.8 Å². The topological polar surface area (TPSA) is 46.6 Å². The summed E-state index contributed by atoms with van der Waals surface area (Å²) >= 11 is 0. The number of benzene rings is 2. The molecule has 0 spiro atoms. The Morgan fingerprint density at radius 2 is 2.00 bits per heavy atom. The number of hydrogen-bond acceptors (Lipinski definition) is 3. The van der Waals surface area contributed by atoms with Gasteiger partial charge in [-0.25, -0.2) is 9.18 Å². The molecule has 4 nitrogen and oxygen atoms in total. The van der Waals surface area contributed by atoms with Gasteiger partial charge in [-0.05, 0) is 56.0 Å². The molecule has 2 aromatic carbocycles. The third kappa shape index (κ3) is 3.55. The molecule has 130 valence electrons. The molecule has 1 unspecified atom stereocenters. The van der Waals surface area contributed by atoms with Crippen molar-refractivity contribution < 1.29 is 18.7 Å². The Balaban J connectivity index is 1.70. The number of carbonyl (C=O) groups excluding carboxylic acids is 2. The van der Waals surface area contributed by atoms with Crippen molar-refractivity contribution >= 4 is 17.6 Å². The molecule has 25 heavy (non-hydrogen) atoms. The van der Waals surface area contributed by atoms with Crippen molar-refractivity contribution in [2.45, 2.75) is 32.7 Å². The second kappa shape index (κ2) is 7.05. The number of ether oxygens (including phenoxy) is 1. The van der Waals surface area contributed by atoms with Crippen molar-refractivity contribution in [2.24, 2.45) is 0 Å². The summed E-state index contributed by atoms with van der Waals surface area (Å²) in [7, 11) is 0. The number of amides is 1. The summed E-state index contributed by atoms with van der Waals surface area (Å²) in [6.45, 7) is 3.22. The van der Waals surface area contributed by atoms with Crippen LogP contribution in [-0.4, -0.2) is 24.5 Å². The summed E-state index contributed by atoms with van der Waals surface area (Å²) in [6, 6.07) is 11.9. The SMILES string of the molecule is Cc1ccc(C(=O)OCC(=O)N2c3ccccc3CCC2C)cc1F. The molecule has 1 amide bonds. The van der Waals surface area contributed by atoms with Gasteiger partial charge in [0.25, 0.3) is 5.91 Å². The Labute approximate surface area is 146 Å². The van der Waals surface area contributed by atoms with Gasteiger partial charge in [0, 0.05) is 11.7 Å². The lowest BCUT2D eigenvalue weighted by molar-refractivity contribution is -0.122. The Morgan fingerprint density at radius 1 is 1.24 bits per heavy atom. The highest BCUT2D eigenvalue weighted by atomic mass is 19.1. The summed E-state index contributed by atoms with van der Waals surface area (Å²) in [5.41, 5.74) is 2.53. The average Bonchev–Trinajstić information content (AvgIpc) is 2.61. The van der Waals surface area contributed by atoms with E-state index in [0.29, 0.717) is 5.56 Å². The number of para-hydroxylation sites is 1. The first-order chi connectivity index (χ1) is 12.0. The first kappa shape index (κ1) is 17.1. The van der Waals surface area contributed by atoms with Crippen molar-refractivity contribution in [3.63, 3.8) is 0 Å². The lowest BCUT2D eigenvalue weighted by atomic mass is 9.96. The number of hydrogen-bond donors (Lipinski definition) is 0. The van der Waals surface area contributed by atoms with Crippen LogP contribution in [-0.2, 0) is 16.0 Å². The predicted molar refractivity (Wildman–Crippen MR) is 93.1 cm³/mol. The van der Waals surface area contributed by atoms with E-state index in [-0.39, 0.29) is 24.1 Å². The second-order valence-electron chi connectivity index (χ2n) is 6.32. The fraction of sp³-hybridized carbons (Fsp3) is 0.300. The summed E-state index contributed by atoms with van der Waals surface area (Å²) in [6.07, 6.45) is 1.78. The van der Waals surface area contributed by atoms with E-state index in [9.17, 15) is 14.0 Å². The summed E-state index contributed by atoms with van der Waals surface area (Å²) in [5, 5.41) is 0. The minimum atomic E-state index is -0.704. The molecular formula is C20H20FNO3. The maximum absolute atomic E-state index is 13.6. The van der Waals surface area contributed by atoms with Gasteiger partial charge in [-0.15, -0.1) is 0 Å². The minimum absolute atomic E-state index is 0.0397. The van der Waals surface area contributed by atoms with E-state index in [0.717, 1.165) is 30.2 Å². The molecule has 0 N–H and O–H groups in total. The zero-order valence-electron chi connectivity index (χ0n) is 14.3. The van der Waals surface area contributed by atoms with Gasteiger partial charge in [0.15, 0.2) is 6.61 Å². The van der Waals surface area contributed by atoms with Crippen LogP contribution in [0.4, 0.5) is 10.1 Å². The Hall–Kier alpha value is -2.69. The van der Waals surface area contributed by atoms with Crippen LogP contribution in [0.5, 0.6) is 0 Å². The zero-order valence-corrected chi connectivity index (χ0v) is 14.3. The van der Waals surface area contributed by atoms with Gasteiger partial charge < -0.3 is 9.64 Å². The zero-order chi connectivity index (χ0) is 18.0. The van der Waals surface area contributed by atoms with Crippen molar-refractivity contribution in [3.8, 4) is 0 Å². The van der Waals surface area contributed by atoms with Crippen LogP contribution < -0.4 is 4.90 Å². The molecule has 1 heterocycles. The predicted octanol–water partition coefficient (Wildman–Crippen LogP) is 3.66. The number of aryl methyl sites for hydroxylation is 2. The number of anilines is 1. The van der Waals surface area contributed by atoms with E-state index >= 15 is 0 Å². The Morgan fingerprint density at radius 3 is 2.76 bits per heavy atom. The monoisotopic (exact) mass is 341 g/mol. The van der Waals surface area contributed by atoms with Gasteiger partial charge in [-0.3, -0.25) is 4.79 Å². The third-order valence-electron chi connectivity index (χ3n) is 4.53. The normalized spacial score (nSPS) is 16.3. The van der Waals surface area contributed by atoms with E-state index in [1.54, 1.807) is 11.8 Å². The lowest BCUT2D eigenvalue weighted by Crippen LogP contribution is -2.44. The molecule has 0 bridgehead atoms. The Kier molecular flexibility index (Phi) is 4.83. The quantitative estimate of drug-likeness (QED) is 0.801. The van der Waals surface area contributed by atoms with Crippen LogP contribution in [0.15, 0.2) is 42.5 Å². The van der Waals surface area contributed by atoms with E-state index in [2.05, 4.69) is 0 Å². The van der Waals surface area contributed by atoms with Gasteiger partial charge in [0.1, 0.15) is 5.82 Å². The highest BCUT2D eigenvalue weighted by Crippen LogP contribution is 2.30. The smallest absolute Gasteiger partial charge is 0.338 e. The standard InChI is InChI=1S/C20H20FNO3/c1-13-7-9-16(11-17(13)21)20(24)25-12-19(23)22-14(2)8-10-15-5-3-4-6-18(15)22/h3-7,9,11,14H,8,10,12H2,1-2H3. The van der Waals surface area contributed by atoms with Crippen LogP contribution in [0.3, 0.4) is 0 Å². The molecule has 0 saturated heterocycles. The Bertz CT molecular complexity index is 818. The van der Waals surface area contributed by atoms with E-state index in [4.69, 9.17) is 4.74 Å². The molecule has 5 heteroatoms. The third-order valence-corrected chi connectivity index (χ3v) is 4.53. The maximum Gasteiger partial charge on any atom is 0.338 e. The second-order valence-corrected chi connectivity index (χ2v) is 6.32. The van der Waals surface area contributed by atoms with Gasteiger partial charge in [-0.1, -0.05) is 24.3 Å². The number of nitrogens with zero attached hydrogens (tertiary/aromatic N) is 1. The van der Waals surface area contributed by atoms with Gasteiger partial charge in [-0.2, -0.15) is 0 Å². The van der Waals surface area contributed by atoms with Gasteiger partial charge in [0.2, 0.25) is 0 Å². The van der Waals surface area contributed by atoms with E-state index in [1.807, 2.05) is 31.2 Å². The summed E-state index contributed by atoms with van der Waals surface area (Å²) in [5.74, 6) is -1.45. The molecule has 1 aliphatic heterocycles. The highest BCUT2D eigenvalue weighted by molar-refractivity contribution is 5.98. The maximum atomic E-state index is 13.6. The number of fused-ring (bicyclic) bond motifs is 1. The minimum Gasteiger partial charge on any atom is -0.452 e. The van der Waals surface area contributed by atoms with Gasteiger partial charge in [0.05, 0.1) is 5.56 Å². The molecule has 1 atom stereocenters. The lowest BCUT2D eigenvalue weighted by Gasteiger charge is -2.35. The number of carbonyl (C=O) groups is 2. The molecule has 3 rings (SSSR count). The number of halogens is 1. The van der Waals surface area contributed by atoms with Crippen molar-refractivity contribution in [1.82, 2.24) is 0 Å². The van der Waals surface area contributed by atoms with Crippen molar-refractivity contribution in [2.75, 3.05) is 11.5 Å².